The lowest BCUT2D eigenvalue weighted by Gasteiger charge is -2.15. The maximum Gasteiger partial charge on any atom is 0.238 e. The zero-order chi connectivity index (χ0) is 12.7. The predicted octanol–water partition coefficient (Wildman–Crippen LogP) is 0.521. The molecule has 0 aliphatic rings. The molecule has 0 fully saturated rings. The van der Waals surface area contributed by atoms with E-state index in [1.807, 2.05) is 11.9 Å². The normalized spacial score (nSPS) is 10.5. The molecule has 0 aliphatic carbocycles. The Morgan fingerprint density at radius 1 is 1.41 bits per heavy atom. The molecule has 5 heteroatoms. The van der Waals surface area contributed by atoms with Gasteiger partial charge in [0.1, 0.15) is 0 Å². The van der Waals surface area contributed by atoms with Gasteiger partial charge in [0.05, 0.1) is 6.54 Å². The summed E-state index contributed by atoms with van der Waals surface area (Å²) in [4.78, 5) is 13.5. The smallest absolute Gasteiger partial charge is 0.238 e. The summed E-state index contributed by atoms with van der Waals surface area (Å²) in [6, 6.07) is 7.01. The summed E-state index contributed by atoms with van der Waals surface area (Å²) in [6.45, 7) is 1.15. The van der Waals surface area contributed by atoms with Gasteiger partial charge in [-0.25, -0.2) is 0 Å². The number of anilines is 2. The van der Waals surface area contributed by atoms with Crippen molar-refractivity contribution in [3.63, 3.8) is 0 Å². The fraction of sp³-hybridized carbons (Fsp3) is 0.417. The molecule has 1 aromatic rings. The van der Waals surface area contributed by atoms with E-state index in [1.165, 1.54) is 0 Å². The number of rotatable bonds is 6. The number of nitrogens with zero attached hydrogens (tertiary/aromatic N) is 1. The van der Waals surface area contributed by atoms with Crippen molar-refractivity contribution in [2.75, 3.05) is 37.8 Å². The molecule has 0 saturated heterocycles. The summed E-state index contributed by atoms with van der Waals surface area (Å²) >= 11 is 0. The van der Waals surface area contributed by atoms with E-state index in [1.54, 1.807) is 24.3 Å². The van der Waals surface area contributed by atoms with Crippen molar-refractivity contribution in [1.29, 1.82) is 0 Å². The summed E-state index contributed by atoms with van der Waals surface area (Å²) in [6.07, 6.45) is 0.672. The van der Waals surface area contributed by atoms with Crippen LogP contribution in [0.5, 0.6) is 0 Å². The minimum absolute atomic E-state index is 0.0739. The Labute approximate surface area is 101 Å². The Balaban J connectivity index is 2.36. The van der Waals surface area contributed by atoms with Gasteiger partial charge in [-0.1, -0.05) is 0 Å². The molecule has 17 heavy (non-hydrogen) atoms. The molecular formula is C12H19N3O2. The molecule has 1 amide bonds. The van der Waals surface area contributed by atoms with Crippen LogP contribution < -0.4 is 11.1 Å². The van der Waals surface area contributed by atoms with Crippen LogP contribution in [0.3, 0.4) is 0 Å². The zero-order valence-corrected chi connectivity index (χ0v) is 10.0. The first kappa shape index (κ1) is 13.5. The largest absolute Gasteiger partial charge is 0.399 e. The maximum atomic E-state index is 11.6. The molecule has 0 radical (unpaired) electrons. The molecule has 4 N–H and O–H groups in total. The summed E-state index contributed by atoms with van der Waals surface area (Å²) in [5, 5.41) is 11.4. The SMILES string of the molecule is CN(CCCO)CC(=O)Nc1ccc(N)cc1. The highest BCUT2D eigenvalue weighted by Crippen LogP contribution is 2.10. The number of nitrogens with two attached hydrogens (primary N) is 1. The summed E-state index contributed by atoms with van der Waals surface area (Å²) < 4.78 is 0. The van der Waals surface area contributed by atoms with Crippen molar-refractivity contribution in [3.8, 4) is 0 Å². The quantitative estimate of drug-likeness (QED) is 0.630. The number of hydrogen-bond donors (Lipinski definition) is 3. The number of nitrogens with one attached hydrogen (secondary N) is 1. The van der Waals surface area contributed by atoms with Gasteiger partial charge in [0.15, 0.2) is 0 Å². The molecule has 0 atom stereocenters. The number of likely N-dealkylation sites (N-methyl/N-ethyl adjacent to an activating group) is 1. The van der Waals surface area contributed by atoms with Crippen molar-refractivity contribution in [1.82, 2.24) is 4.90 Å². The standard InChI is InChI=1S/C12H19N3O2/c1-15(7-2-8-16)9-12(17)14-11-5-3-10(13)4-6-11/h3-6,16H,2,7-9,13H2,1H3,(H,14,17). The minimum Gasteiger partial charge on any atom is -0.399 e. The first-order valence-electron chi connectivity index (χ1n) is 5.56. The van der Waals surface area contributed by atoms with Gasteiger partial charge in [-0.15, -0.1) is 0 Å². The van der Waals surface area contributed by atoms with Crippen molar-refractivity contribution in [2.24, 2.45) is 0 Å². The second kappa shape index (κ2) is 6.88. The average Bonchev–Trinajstić information content (AvgIpc) is 2.29. The van der Waals surface area contributed by atoms with Crippen LogP contribution in [0.4, 0.5) is 11.4 Å². The average molecular weight is 237 g/mol. The Bertz CT molecular complexity index is 351. The molecule has 1 rings (SSSR count). The highest BCUT2D eigenvalue weighted by Gasteiger charge is 2.06. The van der Waals surface area contributed by atoms with Gasteiger partial charge in [-0.3, -0.25) is 9.69 Å². The van der Waals surface area contributed by atoms with E-state index < -0.39 is 0 Å². The number of aliphatic hydroxyl groups is 1. The minimum atomic E-state index is -0.0739. The lowest BCUT2D eigenvalue weighted by Crippen LogP contribution is -2.31. The number of amides is 1. The molecule has 0 spiro atoms. The molecule has 0 saturated carbocycles. The Kier molecular flexibility index (Phi) is 5.45. The van der Waals surface area contributed by atoms with Crippen LogP contribution in [-0.2, 0) is 4.79 Å². The number of hydrogen-bond acceptors (Lipinski definition) is 4. The van der Waals surface area contributed by atoms with Crippen LogP contribution in [0.2, 0.25) is 0 Å². The summed E-state index contributed by atoms with van der Waals surface area (Å²) in [7, 11) is 1.85. The van der Waals surface area contributed by atoms with E-state index in [0.717, 1.165) is 5.69 Å². The molecule has 94 valence electrons. The number of nitrogen functional groups attached to an aromatic ring is 1. The van der Waals surface area contributed by atoms with Crippen LogP contribution in [0.25, 0.3) is 0 Å². The summed E-state index contributed by atoms with van der Waals surface area (Å²) in [5.74, 6) is -0.0739. The topological polar surface area (TPSA) is 78.6 Å². The zero-order valence-electron chi connectivity index (χ0n) is 10.0. The number of carbonyl (C=O) groups is 1. The van der Waals surface area contributed by atoms with Crippen molar-refractivity contribution < 1.29 is 9.90 Å². The van der Waals surface area contributed by atoms with E-state index in [2.05, 4.69) is 5.32 Å². The molecule has 5 nitrogen and oxygen atoms in total. The van der Waals surface area contributed by atoms with E-state index in [4.69, 9.17) is 10.8 Å². The highest BCUT2D eigenvalue weighted by molar-refractivity contribution is 5.92. The lowest BCUT2D eigenvalue weighted by atomic mass is 10.3. The highest BCUT2D eigenvalue weighted by atomic mass is 16.3. The first-order valence-corrected chi connectivity index (χ1v) is 5.56. The Morgan fingerprint density at radius 2 is 2.06 bits per heavy atom. The third-order valence-corrected chi connectivity index (χ3v) is 2.31. The fourth-order valence-corrected chi connectivity index (χ4v) is 1.43. The third-order valence-electron chi connectivity index (χ3n) is 2.31. The molecule has 0 aliphatic heterocycles. The van der Waals surface area contributed by atoms with Gasteiger partial charge in [-0.2, -0.15) is 0 Å². The van der Waals surface area contributed by atoms with Crippen LogP contribution in [0, 0.1) is 0 Å². The van der Waals surface area contributed by atoms with E-state index in [9.17, 15) is 4.79 Å². The molecular weight excluding hydrogens is 218 g/mol. The van der Waals surface area contributed by atoms with Gasteiger partial charge < -0.3 is 16.2 Å². The summed E-state index contributed by atoms with van der Waals surface area (Å²) in [5.41, 5.74) is 6.95. The first-order chi connectivity index (χ1) is 8.11. The second-order valence-corrected chi connectivity index (χ2v) is 3.99. The lowest BCUT2D eigenvalue weighted by molar-refractivity contribution is -0.117. The van der Waals surface area contributed by atoms with Crippen molar-refractivity contribution in [2.45, 2.75) is 6.42 Å². The molecule has 0 heterocycles. The molecule has 0 bridgehead atoms. The van der Waals surface area contributed by atoms with Crippen LogP contribution >= 0.6 is 0 Å². The van der Waals surface area contributed by atoms with E-state index in [-0.39, 0.29) is 12.5 Å². The van der Waals surface area contributed by atoms with E-state index >= 15 is 0 Å². The third kappa shape index (κ3) is 5.33. The molecule has 1 aromatic carbocycles. The van der Waals surface area contributed by atoms with Gasteiger partial charge in [0, 0.05) is 24.5 Å². The number of carbonyl (C=O) groups excluding carboxylic acids is 1. The van der Waals surface area contributed by atoms with Crippen LogP contribution in [-0.4, -0.2) is 42.7 Å². The van der Waals surface area contributed by atoms with Gasteiger partial charge in [0.25, 0.3) is 0 Å². The monoisotopic (exact) mass is 237 g/mol. The van der Waals surface area contributed by atoms with Crippen LogP contribution in [0.15, 0.2) is 24.3 Å². The van der Waals surface area contributed by atoms with Crippen molar-refractivity contribution >= 4 is 17.3 Å². The molecule has 0 aromatic heterocycles. The maximum absolute atomic E-state index is 11.6. The Hall–Kier alpha value is -1.59. The van der Waals surface area contributed by atoms with Gasteiger partial charge in [0.2, 0.25) is 5.91 Å². The van der Waals surface area contributed by atoms with Gasteiger partial charge in [-0.05, 0) is 37.7 Å². The number of aliphatic hydroxyl groups excluding tert-OH is 1. The second-order valence-electron chi connectivity index (χ2n) is 3.99. The Morgan fingerprint density at radius 3 is 2.65 bits per heavy atom. The van der Waals surface area contributed by atoms with E-state index in [0.29, 0.717) is 25.2 Å². The van der Waals surface area contributed by atoms with Gasteiger partial charge >= 0.3 is 0 Å². The predicted molar refractivity (Wildman–Crippen MR) is 68.7 cm³/mol. The van der Waals surface area contributed by atoms with Crippen molar-refractivity contribution in [3.05, 3.63) is 24.3 Å². The van der Waals surface area contributed by atoms with Crippen LogP contribution in [0.1, 0.15) is 6.42 Å². The number of benzene rings is 1. The molecule has 0 unspecified atom stereocenters. The fourth-order valence-electron chi connectivity index (χ4n) is 1.43.